The van der Waals surface area contributed by atoms with Crippen molar-refractivity contribution >= 4 is 22.3 Å². The van der Waals surface area contributed by atoms with Crippen LogP contribution < -0.4 is 0 Å². The highest BCUT2D eigenvalue weighted by Gasteiger charge is 2.02. The molecule has 0 N–H and O–H groups in total. The van der Waals surface area contributed by atoms with Crippen molar-refractivity contribution in [2.24, 2.45) is 0 Å². The zero-order valence-corrected chi connectivity index (χ0v) is 8.12. The number of benzene rings is 1. The first-order valence-corrected chi connectivity index (χ1v) is 5.25. The van der Waals surface area contributed by atoms with Crippen molar-refractivity contribution in [2.75, 3.05) is 0 Å². The van der Waals surface area contributed by atoms with Crippen LogP contribution in [0.2, 0.25) is 0 Å². The molecule has 0 aliphatic carbocycles. The van der Waals surface area contributed by atoms with E-state index in [0.29, 0.717) is 0 Å². The van der Waals surface area contributed by atoms with Crippen LogP contribution in [-0.2, 0) is 0 Å². The Bertz CT molecular complexity index is 553. The summed E-state index contributed by atoms with van der Waals surface area (Å²) in [6.45, 7) is 0. The Morgan fingerprint density at radius 3 is 3.00 bits per heavy atom. The monoisotopic (exact) mass is 201 g/mol. The average molecular weight is 201 g/mol. The molecule has 0 saturated carbocycles. The minimum absolute atomic E-state index is 0.841. The Kier molecular flexibility index (Phi) is 1.64. The molecule has 2 aromatic heterocycles. The molecule has 0 aliphatic heterocycles. The van der Waals surface area contributed by atoms with E-state index < -0.39 is 0 Å². The topological polar surface area (TPSA) is 26.0 Å². The molecular formula is C11H7NOS. The van der Waals surface area contributed by atoms with E-state index in [9.17, 15) is 0 Å². The summed E-state index contributed by atoms with van der Waals surface area (Å²) in [5.74, 6) is 0. The van der Waals surface area contributed by atoms with Gasteiger partial charge in [0.2, 0.25) is 0 Å². The maximum Gasteiger partial charge on any atom is 0.167 e. The first-order chi connectivity index (χ1) is 6.93. The van der Waals surface area contributed by atoms with Crippen LogP contribution in [0.25, 0.3) is 22.1 Å². The van der Waals surface area contributed by atoms with Crippen molar-refractivity contribution in [3.05, 3.63) is 41.2 Å². The number of nitrogens with zero attached hydrogens (tertiary/aromatic N) is 1. The lowest BCUT2D eigenvalue weighted by molar-refractivity contribution is 0.456. The first-order valence-electron chi connectivity index (χ1n) is 4.30. The Balaban J connectivity index is 2.23. The number of fused-ring (bicyclic) bond motifs is 1. The molecule has 68 valence electrons. The van der Waals surface area contributed by atoms with Crippen molar-refractivity contribution in [3.63, 3.8) is 0 Å². The summed E-state index contributed by atoms with van der Waals surface area (Å²) in [6.07, 6.45) is 1.73. The maximum atomic E-state index is 5.11. The van der Waals surface area contributed by atoms with E-state index >= 15 is 0 Å². The molecule has 3 rings (SSSR count). The molecule has 0 unspecified atom stereocenters. The van der Waals surface area contributed by atoms with Gasteiger partial charge < -0.3 is 4.52 Å². The van der Waals surface area contributed by atoms with Gasteiger partial charge in [-0.3, -0.25) is 0 Å². The van der Waals surface area contributed by atoms with E-state index in [4.69, 9.17) is 4.52 Å². The van der Waals surface area contributed by atoms with Gasteiger partial charge in [-0.15, -0.1) is 0 Å². The molecule has 0 fully saturated rings. The molecule has 0 amide bonds. The molecule has 1 aromatic carbocycles. The van der Waals surface area contributed by atoms with Crippen LogP contribution in [0.4, 0.5) is 0 Å². The van der Waals surface area contributed by atoms with Gasteiger partial charge in [-0.1, -0.05) is 11.2 Å². The lowest BCUT2D eigenvalue weighted by atomic mass is 10.1. The van der Waals surface area contributed by atoms with Gasteiger partial charge in [0.15, 0.2) is 5.58 Å². The van der Waals surface area contributed by atoms with Crippen LogP contribution >= 0.6 is 11.3 Å². The second kappa shape index (κ2) is 2.96. The third-order valence-electron chi connectivity index (χ3n) is 2.21. The van der Waals surface area contributed by atoms with Gasteiger partial charge in [0.25, 0.3) is 0 Å². The van der Waals surface area contributed by atoms with E-state index in [1.807, 2.05) is 12.1 Å². The second-order valence-electron chi connectivity index (χ2n) is 3.09. The lowest BCUT2D eigenvalue weighted by Crippen LogP contribution is -1.71. The molecule has 0 aliphatic rings. The standard InChI is InChI=1S/C11H7NOS/c1-2-9-6-12-13-11(9)5-8(1)10-3-4-14-7-10/h1-7H. The van der Waals surface area contributed by atoms with Crippen molar-refractivity contribution < 1.29 is 4.52 Å². The van der Waals surface area contributed by atoms with Crippen LogP contribution in [0, 0.1) is 0 Å². The third kappa shape index (κ3) is 1.14. The normalized spacial score (nSPS) is 10.9. The van der Waals surface area contributed by atoms with Crippen LogP contribution in [0.5, 0.6) is 0 Å². The Morgan fingerprint density at radius 2 is 2.14 bits per heavy atom. The second-order valence-corrected chi connectivity index (χ2v) is 3.87. The lowest BCUT2D eigenvalue weighted by Gasteiger charge is -1.95. The fraction of sp³-hybridized carbons (Fsp3) is 0. The van der Waals surface area contributed by atoms with Crippen LogP contribution in [0.1, 0.15) is 0 Å². The highest BCUT2D eigenvalue weighted by molar-refractivity contribution is 7.08. The summed E-state index contributed by atoms with van der Waals surface area (Å²) in [6, 6.07) is 8.23. The smallest absolute Gasteiger partial charge is 0.167 e. The summed E-state index contributed by atoms with van der Waals surface area (Å²) in [7, 11) is 0. The summed E-state index contributed by atoms with van der Waals surface area (Å²) < 4.78 is 5.11. The fourth-order valence-electron chi connectivity index (χ4n) is 1.47. The van der Waals surface area contributed by atoms with Gasteiger partial charge in [-0.25, -0.2) is 0 Å². The molecule has 0 radical (unpaired) electrons. The Morgan fingerprint density at radius 1 is 1.14 bits per heavy atom. The molecular weight excluding hydrogens is 194 g/mol. The number of thiophene rings is 1. The van der Waals surface area contributed by atoms with E-state index in [-0.39, 0.29) is 0 Å². The number of rotatable bonds is 1. The number of hydrogen-bond acceptors (Lipinski definition) is 3. The zero-order valence-electron chi connectivity index (χ0n) is 7.31. The summed E-state index contributed by atoms with van der Waals surface area (Å²) in [5.41, 5.74) is 3.25. The van der Waals surface area contributed by atoms with Crippen LogP contribution in [0.3, 0.4) is 0 Å². The molecule has 0 saturated heterocycles. The highest BCUT2D eigenvalue weighted by Crippen LogP contribution is 2.25. The van der Waals surface area contributed by atoms with E-state index in [1.54, 1.807) is 17.5 Å². The summed E-state index contributed by atoms with van der Waals surface area (Å²) in [4.78, 5) is 0. The molecule has 2 heterocycles. The highest BCUT2D eigenvalue weighted by atomic mass is 32.1. The molecule has 3 aromatic rings. The average Bonchev–Trinajstić information content (AvgIpc) is 2.88. The molecule has 0 spiro atoms. The quantitative estimate of drug-likeness (QED) is 0.601. The fourth-order valence-corrected chi connectivity index (χ4v) is 2.13. The van der Waals surface area contributed by atoms with Gasteiger partial charge in [-0.2, -0.15) is 11.3 Å². The minimum Gasteiger partial charge on any atom is -0.356 e. The first kappa shape index (κ1) is 7.76. The van der Waals surface area contributed by atoms with E-state index in [1.165, 1.54) is 11.1 Å². The van der Waals surface area contributed by atoms with Crippen molar-refractivity contribution in [3.8, 4) is 11.1 Å². The largest absolute Gasteiger partial charge is 0.356 e. The predicted octanol–water partition coefficient (Wildman–Crippen LogP) is 3.56. The summed E-state index contributed by atoms with van der Waals surface area (Å²) >= 11 is 1.70. The number of aromatic nitrogens is 1. The van der Waals surface area contributed by atoms with Gasteiger partial charge in [-0.05, 0) is 40.1 Å². The van der Waals surface area contributed by atoms with Crippen molar-refractivity contribution in [2.45, 2.75) is 0 Å². The minimum atomic E-state index is 0.841. The molecule has 14 heavy (non-hydrogen) atoms. The van der Waals surface area contributed by atoms with Gasteiger partial charge in [0.05, 0.1) is 6.20 Å². The van der Waals surface area contributed by atoms with Crippen molar-refractivity contribution in [1.29, 1.82) is 0 Å². The summed E-state index contributed by atoms with van der Waals surface area (Å²) in [5, 5.41) is 8.99. The van der Waals surface area contributed by atoms with Gasteiger partial charge in [0.1, 0.15) is 0 Å². The van der Waals surface area contributed by atoms with Gasteiger partial charge in [0, 0.05) is 5.39 Å². The van der Waals surface area contributed by atoms with Crippen LogP contribution in [0.15, 0.2) is 45.7 Å². The van der Waals surface area contributed by atoms with Crippen molar-refractivity contribution in [1.82, 2.24) is 5.16 Å². The van der Waals surface area contributed by atoms with E-state index in [0.717, 1.165) is 11.0 Å². The maximum absolute atomic E-state index is 5.11. The SMILES string of the molecule is c1cc(-c2ccc3cnoc3c2)cs1. The third-order valence-corrected chi connectivity index (χ3v) is 2.89. The predicted molar refractivity (Wildman–Crippen MR) is 57.3 cm³/mol. The Hall–Kier alpha value is -1.61. The molecule has 3 heteroatoms. The molecule has 2 nitrogen and oxygen atoms in total. The Labute approximate surface area is 84.8 Å². The van der Waals surface area contributed by atoms with Crippen LogP contribution in [-0.4, -0.2) is 5.16 Å². The van der Waals surface area contributed by atoms with Gasteiger partial charge >= 0.3 is 0 Å². The number of hydrogen-bond donors (Lipinski definition) is 0. The zero-order chi connectivity index (χ0) is 9.38. The van der Waals surface area contributed by atoms with E-state index in [2.05, 4.69) is 28.0 Å². The molecule has 0 atom stereocenters. The molecule has 0 bridgehead atoms.